The van der Waals surface area contributed by atoms with Crippen LogP contribution in [0.1, 0.15) is 26.2 Å². The molecular formula is C11H17N3O4S2. The summed E-state index contributed by atoms with van der Waals surface area (Å²) in [7, 11) is -3.72. The zero-order valence-electron chi connectivity index (χ0n) is 11.0. The van der Waals surface area contributed by atoms with Crippen LogP contribution in [0.25, 0.3) is 0 Å². The van der Waals surface area contributed by atoms with Crippen LogP contribution >= 0.6 is 11.3 Å². The van der Waals surface area contributed by atoms with E-state index in [4.69, 9.17) is 5.73 Å². The normalized spacial score (nSPS) is 23.1. The monoisotopic (exact) mass is 319 g/mol. The van der Waals surface area contributed by atoms with Crippen molar-refractivity contribution in [2.75, 3.05) is 12.3 Å². The van der Waals surface area contributed by atoms with Crippen molar-refractivity contribution in [3.8, 4) is 0 Å². The van der Waals surface area contributed by atoms with Gasteiger partial charge in [0.05, 0.1) is 4.92 Å². The molecule has 1 aliphatic carbocycles. The Hall–Kier alpha value is -1.19. The number of nitrogen functional groups attached to an aromatic ring is 1. The van der Waals surface area contributed by atoms with E-state index in [1.165, 1.54) is 0 Å². The van der Waals surface area contributed by atoms with Crippen LogP contribution in [0, 0.1) is 22.0 Å². The van der Waals surface area contributed by atoms with Gasteiger partial charge in [-0.2, -0.15) is 0 Å². The quantitative estimate of drug-likeness (QED) is 0.635. The fourth-order valence-electron chi connectivity index (χ4n) is 2.46. The molecule has 3 N–H and O–H groups in total. The molecule has 1 heterocycles. The minimum absolute atomic E-state index is 0.0927. The lowest BCUT2D eigenvalue weighted by Gasteiger charge is -2.10. The average molecular weight is 319 g/mol. The van der Waals surface area contributed by atoms with Crippen LogP contribution in [-0.4, -0.2) is 19.9 Å². The predicted molar refractivity (Wildman–Crippen MR) is 77.1 cm³/mol. The fourth-order valence-corrected chi connectivity index (χ4v) is 4.83. The van der Waals surface area contributed by atoms with Crippen molar-refractivity contribution in [1.82, 2.24) is 4.72 Å². The van der Waals surface area contributed by atoms with E-state index in [0.29, 0.717) is 18.4 Å². The number of thiophene rings is 1. The van der Waals surface area contributed by atoms with Gasteiger partial charge < -0.3 is 5.73 Å². The summed E-state index contributed by atoms with van der Waals surface area (Å²) in [6.07, 6.45) is 3.13. The van der Waals surface area contributed by atoms with Gasteiger partial charge in [0.15, 0.2) is 5.00 Å². The van der Waals surface area contributed by atoms with Crippen LogP contribution in [0.4, 0.5) is 10.7 Å². The lowest BCUT2D eigenvalue weighted by atomic mass is 10.1. The zero-order chi connectivity index (χ0) is 14.9. The van der Waals surface area contributed by atoms with Crippen molar-refractivity contribution in [2.45, 2.75) is 30.4 Å². The van der Waals surface area contributed by atoms with Gasteiger partial charge in [0.25, 0.3) is 0 Å². The molecule has 1 fully saturated rings. The Morgan fingerprint density at radius 2 is 2.25 bits per heavy atom. The maximum Gasteiger partial charge on any atom is 0.304 e. The molecule has 1 aromatic rings. The van der Waals surface area contributed by atoms with Gasteiger partial charge in [-0.15, -0.1) is 0 Å². The zero-order valence-corrected chi connectivity index (χ0v) is 12.7. The first-order chi connectivity index (χ1) is 9.29. The van der Waals surface area contributed by atoms with Crippen LogP contribution < -0.4 is 10.5 Å². The summed E-state index contributed by atoms with van der Waals surface area (Å²) >= 11 is 0.718. The number of anilines is 1. The number of sulfonamides is 1. The van der Waals surface area contributed by atoms with Crippen LogP contribution in [0.5, 0.6) is 0 Å². The molecule has 112 valence electrons. The summed E-state index contributed by atoms with van der Waals surface area (Å²) in [6, 6.07) is 1.01. The predicted octanol–water partition coefficient (Wildman–Crippen LogP) is 1.95. The van der Waals surface area contributed by atoms with Gasteiger partial charge in [0.1, 0.15) is 4.21 Å². The number of nitrogens with two attached hydrogens (primary N) is 1. The molecule has 2 unspecified atom stereocenters. The summed E-state index contributed by atoms with van der Waals surface area (Å²) in [5.74, 6) is 0.968. The summed E-state index contributed by atoms with van der Waals surface area (Å²) in [5, 5.41) is 10.6. The second-order valence-corrected chi connectivity index (χ2v) is 8.29. The lowest BCUT2D eigenvalue weighted by Crippen LogP contribution is -2.28. The molecule has 0 spiro atoms. The highest BCUT2D eigenvalue weighted by atomic mass is 32.2. The van der Waals surface area contributed by atoms with Gasteiger partial charge >= 0.3 is 5.69 Å². The van der Waals surface area contributed by atoms with E-state index < -0.39 is 14.9 Å². The number of hydrogen-bond acceptors (Lipinski definition) is 6. The van der Waals surface area contributed by atoms with Gasteiger partial charge in [-0.25, -0.2) is 13.1 Å². The van der Waals surface area contributed by atoms with E-state index >= 15 is 0 Å². The second kappa shape index (κ2) is 5.66. The van der Waals surface area contributed by atoms with E-state index in [9.17, 15) is 18.5 Å². The first-order valence-corrected chi connectivity index (χ1v) is 8.63. The van der Waals surface area contributed by atoms with Gasteiger partial charge in [-0.05, 0) is 24.7 Å². The SMILES string of the molecule is CC1CCC(CNS(=O)(=O)c2cc([N+](=O)[O-])c(N)s2)C1. The summed E-state index contributed by atoms with van der Waals surface area (Å²) < 4.78 is 26.6. The van der Waals surface area contributed by atoms with E-state index in [0.717, 1.165) is 36.7 Å². The Morgan fingerprint density at radius 3 is 2.75 bits per heavy atom. The third kappa shape index (κ3) is 3.28. The van der Waals surface area contributed by atoms with Crippen LogP contribution in [0.3, 0.4) is 0 Å². The third-order valence-electron chi connectivity index (χ3n) is 3.54. The van der Waals surface area contributed by atoms with Gasteiger partial charge in [0, 0.05) is 12.6 Å². The molecule has 1 aliphatic rings. The van der Waals surface area contributed by atoms with E-state index in [1.807, 2.05) is 0 Å². The molecule has 1 aromatic heterocycles. The highest BCUT2D eigenvalue weighted by molar-refractivity contribution is 7.91. The minimum atomic E-state index is -3.72. The standard InChI is InChI=1S/C11H17N3O4S2/c1-7-2-3-8(4-7)6-13-20(17,18)10-5-9(14(15)16)11(12)19-10/h5,7-8,13H,2-4,6,12H2,1H3. The van der Waals surface area contributed by atoms with Crippen molar-refractivity contribution in [2.24, 2.45) is 11.8 Å². The molecule has 7 nitrogen and oxygen atoms in total. The van der Waals surface area contributed by atoms with Crippen molar-refractivity contribution >= 4 is 32.0 Å². The summed E-state index contributed by atoms with van der Waals surface area (Å²) in [6.45, 7) is 2.52. The largest absolute Gasteiger partial charge is 0.385 e. The molecule has 0 aromatic carbocycles. The molecule has 20 heavy (non-hydrogen) atoms. The summed E-state index contributed by atoms with van der Waals surface area (Å²) in [4.78, 5) is 10.0. The number of nitrogens with zero attached hydrogens (tertiary/aromatic N) is 1. The Kier molecular flexibility index (Phi) is 4.31. The Labute approximate surface area is 121 Å². The third-order valence-corrected chi connectivity index (χ3v) is 6.40. The van der Waals surface area contributed by atoms with E-state index in [1.54, 1.807) is 0 Å². The maximum atomic E-state index is 12.1. The van der Waals surface area contributed by atoms with Crippen molar-refractivity contribution in [3.05, 3.63) is 16.2 Å². The second-order valence-electron chi connectivity index (χ2n) is 5.21. The average Bonchev–Trinajstić information content (AvgIpc) is 2.93. The molecule has 0 aliphatic heterocycles. The molecule has 0 bridgehead atoms. The summed E-state index contributed by atoms with van der Waals surface area (Å²) in [5.41, 5.74) is 5.10. The lowest BCUT2D eigenvalue weighted by molar-refractivity contribution is -0.383. The number of nitrogens with one attached hydrogen (secondary N) is 1. The first kappa shape index (κ1) is 15.2. The Bertz CT molecular complexity index is 611. The highest BCUT2D eigenvalue weighted by Gasteiger charge is 2.27. The smallest absolute Gasteiger partial charge is 0.304 e. The van der Waals surface area contributed by atoms with Gasteiger partial charge in [0.2, 0.25) is 10.0 Å². The number of hydrogen-bond donors (Lipinski definition) is 2. The maximum absolute atomic E-state index is 12.1. The van der Waals surface area contributed by atoms with Gasteiger partial charge in [-0.3, -0.25) is 10.1 Å². The van der Waals surface area contributed by atoms with Crippen molar-refractivity contribution < 1.29 is 13.3 Å². The fraction of sp³-hybridized carbons (Fsp3) is 0.636. The van der Waals surface area contributed by atoms with Crippen LogP contribution in [-0.2, 0) is 10.0 Å². The molecule has 0 amide bonds. The molecular weight excluding hydrogens is 302 g/mol. The number of nitro groups is 1. The Morgan fingerprint density at radius 1 is 1.55 bits per heavy atom. The topological polar surface area (TPSA) is 115 Å². The highest BCUT2D eigenvalue weighted by Crippen LogP contribution is 2.35. The number of rotatable bonds is 5. The van der Waals surface area contributed by atoms with Gasteiger partial charge in [-0.1, -0.05) is 24.7 Å². The molecule has 9 heteroatoms. The van der Waals surface area contributed by atoms with Crippen molar-refractivity contribution in [1.29, 1.82) is 0 Å². The van der Waals surface area contributed by atoms with E-state index in [2.05, 4.69) is 11.6 Å². The molecule has 2 rings (SSSR count). The molecule has 2 atom stereocenters. The van der Waals surface area contributed by atoms with Crippen molar-refractivity contribution in [3.63, 3.8) is 0 Å². The van der Waals surface area contributed by atoms with E-state index in [-0.39, 0.29) is 14.9 Å². The van der Waals surface area contributed by atoms with Crippen LogP contribution in [0.15, 0.2) is 10.3 Å². The van der Waals surface area contributed by atoms with Crippen LogP contribution in [0.2, 0.25) is 0 Å². The Balaban J connectivity index is 2.06. The molecule has 0 radical (unpaired) electrons. The molecule has 0 saturated heterocycles. The first-order valence-electron chi connectivity index (χ1n) is 6.33. The minimum Gasteiger partial charge on any atom is -0.385 e. The molecule has 1 saturated carbocycles.